The Labute approximate surface area is 157 Å². The molecule has 0 bridgehead atoms. The summed E-state index contributed by atoms with van der Waals surface area (Å²) in [5, 5.41) is 0.580. The van der Waals surface area contributed by atoms with Crippen LogP contribution in [0.2, 0.25) is 5.02 Å². The summed E-state index contributed by atoms with van der Waals surface area (Å²) in [6, 6.07) is 11.3. The normalized spacial score (nSPS) is 11.3. The number of halogens is 1. The molecule has 0 atom stereocenters. The van der Waals surface area contributed by atoms with Gasteiger partial charge in [0, 0.05) is 5.02 Å². The molecule has 0 saturated heterocycles. The van der Waals surface area contributed by atoms with Crippen molar-refractivity contribution in [3.63, 3.8) is 0 Å². The van der Waals surface area contributed by atoms with Crippen LogP contribution in [0.15, 0.2) is 57.3 Å². The third kappa shape index (κ3) is 7.51. The lowest BCUT2D eigenvalue weighted by atomic mass is 10.2. The minimum atomic E-state index is -4.02. The SMILES string of the molecule is Cc1ccc(Cl)cc1N=C(N)N=C(N)N.Cc1ccc(S(=O)(=O)O)cc1. The van der Waals surface area contributed by atoms with Crippen LogP contribution in [0, 0.1) is 13.8 Å². The fourth-order valence-corrected chi connectivity index (χ4v) is 2.34. The Kier molecular flexibility index (Phi) is 7.56. The lowest BCUT2D eigenvalue weighted by Gasteiger charge is -2.01. The third-order valence-corrected chi connectivity index (χ3v) is 4.07. The van der Waals surface area contributed by atoms with Crippen molar-refractivity contribution in [1.29, 1.82) is 0 Å². The zero-order chi connectivity index (χ0) is 19.9. The van der Waals surface area contributed by atoms with E-state index in [4.69, 9.17) is 33.4 Å². The second kappa shape index (κ2) is 9.18. The molecule has 7 N–H and O–H groups in total. The van der Waals surface area contributed by atoms with Gasteiger partial charge < -0.3 is 17.2 Å². The molecule has 2 rings (SSSR count). The average Bonchev–Trinajstić information content (AvgIpc) is 2.50. The lowest BCUT2D eigenvalue weighted by Crippen LogP contribution is -2.26. The number of aryl methyl sites for hydroxylation is 2. The third-order valence-electron chi connectivity index (χ3n) is 2.97. The zero-order valence-electron chi connectivity index (χ0n) is 14.2. The van der Waals surface area contributed by atoms with Gasteiger partial charge in [-0.25, -0.2) is 4.99 Å². The quantitative estimate of drug-likeness (QED) is 0.345. The number of rotatable bonds is 2. The monoisotopic (exact) mass is 397 g/mol. The molecule has 2 aromatic carbocycles. The molecule has 0 spiro atoms. The van der Waals surface area contributed by atoms with E-state index in [-0.39, 0.29) is 16.8 Å². The first-order chi connectivity index (χ1) is 12.0. The Hall–Kier alpha value is -2.62. The lowest BCUT2D eigenvalue weighted by molar-refractivity contribution is 0.483. The van der Waals surface area contributed by atoms with Gasteiger partial charge in [-0.1, -0.05) is 35.4 Å². The van der Waals surface area contributed by atoms with Gasteiger partial charge in [0.05, 0.1) is 10.6 Å². The van der Waals surface area contributed by atoms with Gasteiger partial charge in [0.15, 0.2) is 5.96 Å². The van der Waals surface area contributed by atoms with Crippen LogP contribution in [-0.2, 0) is 10.1 Å². The molecule has 26 heavy (non-hydrogen) atoms. The second-order valence-corrected chi connectivity index (χ2v) is 7.08. The van der Waals surface area contributed by atoms with Crippen molar-refractivity contribution in [2.45, 2.75) is 18.7 Å². The summed E-state index contributed by atoms with van der Waals surface area (Å²) in [4.78, 5) is 7.56. The van der Waals surface area contributed by atoms with Gasteiger partial charge in [0.1, 0.15) is 0 Å². The highest BCUT2D eigenvalue weighted by Crippen LogP contribution is 2.22. The molecule has 0 aliphatic rings. The van der Waals surface area contributed by atoms with Crippen LogP contribution in [0.1, 0.15) is 11.1 Å². The molecule has 0 heterocycles. The van der Waals surface area contributed by atoms with E-state index in [2.05, 4.69) is 9.98 Å². The Morgan fingerprint density at radius 3 is 2.12 bits per heavy atom. The second-order valence-electron chi connectivity index (χ2n) is 5.23. The molecule has 10 heteroatoms. The summed E-state index contributed by atoms with van der Waals surface area (Å²) < 4.78 is 29.6. The number of guanidine groups is 2. The van der Waals surface area contributed by atoms with Gasteiger partial charge in [-0.3, -0.25) is 4.55 Å². The average molecular weight is 398 g/mol. The summed E-state index contributed by atoms with van der Waals surface area (Å²) >= 11 is 5.81. The number of aliphatic imine (C=N–C) groups is 2. The van der Waals surface area contributed by atoms with Crippen molar-refractivity contribution in [3.8, 4) is 0 Å². The Morgan fingerprint density at radius 2 is 1.62 bits per heavy atom. The first-order valence-corrected chi connectivity index (χ1v) is 9.05. The maximum Gasteiger partial charge on any atom is 0.294 e. The van der Waals surface area contributed by atoms with E-state index in [0.29, 0.717) is 10.7 Å². The van der Waals surface area contributed by atoms with E-state index in [1.54, 1.807) is 24.3 Å². The van der Waals surface area contributed by atoms with Crippen LogP contribution in [0.5, 0.6) is 0 Å². The standard InChI is InChI=1S/C9H12ClN5.C7H8O3S/c1-5-2-3-6(10)4-7(5)14-9(13)15-8(11)12;1-6-2-4-7(5-3-6)11(8,9)10/h2-4H,1H3,(H6,11,12,13,14,15);2-5H,1H3,(H,8,9,10). The summed E-state index contributed by atoms with van der Waals surface area (Å²) in [6.07, 6.45) is 0. The molecule has 0 unspecified atom stereocenters. The summed E-state index contributed by atoms with van der Waals surface area (Å²) in [5.74, 6) is -0.128. The number of hydrogen-bond acceptors (Lipinski definition) is 3. The molecule has 0 aliphatic heterocycles. The highest BCUT2D eigenvalue weighted by Gasteiger charge is 2.06. The Balaban J connectivity index is 0.000000273. The minimum absolute atomic E-state index is 0.000340. The number of hydrogen-bond donors (Lipinski definition) is 4. The number of nitrogens with zero attached hydrogens (tertiary/aromatic N) is 2. The Morgan fingerprint density at radius 1 is 1.04 bits per heavy atom. The minimum Gasteiger partial charge on any atom is -0.370 e. The first kappa shape index (κ1) is 21.4. The predicted octanol–water partition coefficient (Wildman–Crippen LogP) is 2.11. The van der Waals surface area contributed by atoms with Gasteiger partial charge in [-0.15, -0.1) is 0 Å². The largest absolute Gasteiger partial charge is 0.370 e. The van der Waals surface area contributed by atoms with Crippen LogP contribution in [-0.4, -0.2) is 24.9 Å². The van der Waals surface area contributed by atoms with Crippen molar-refractivity contribution in [1.82, 2.24) is 0 Å². The van der Waals surface area contributed by atoms with E-state index in [9.17, 15) is 8.42 Å². The van der Waals surface area contributed by atoms with Crippen LogP contribution >= 0.6 is 11.6 Å². The van der Waals surface area contributed by atoms with Gasteiger partial charge in [-0.2, -0.15) is 13.4 Å². The number of nitrogens with two attached hydrogens (primary N) is 3. The van der Waals surface area contributed by atoms with E-state index in [0.717, 1.165) is 11.1 Å². The highest BCUT2D eigenvalue weighted by atomic mass is 35.5. The van der Waals surface area contributed by atoms with Crippen LogP contribution < -0.4 is 17.2 Å². The van der Waals surface area contributed by atoms with Crippen molar-refractivity contribution >= 4 is 39.3 Å². The molecular formula is C16H20ClN5O3S. The van der Waals surface area contributed by atoms with E-state index in [1.165, 1.54) is 12.1 Å². The maximum absolute atomic E-state index is 10.5. The fraction of sp³-hybridized carbons (Fsp3) is 0.125. The molecule has 2 aromatic rings. The van der Waals surface area contributed by atoms with E-state index >= 15 is 0 Å². The topological polar surface area (TPSA) is 157 Å². The van der Waals surface area contributed by atoms with Gasteiger partial charge in [0.2, 0.25) is 5.96 Å². The van der Waals surface area contributed by atoms with Gasteiger partial charge in [-0.05, 0) is 43.7 Å². The Bertz CT molecular complexity index is 921. The van der Waals surface area contributed by atoms with Crippen molar-refractivity contribution in [2.24, 2.45) is 27.2 Å². The number of benzene rings is 2. The van der Waals surface area contributed by atoms with E-state index in [1.807, 2.05) is 19.9 Å². The molecule has 0 fully saturated rings. The van der Waals surface area contributed by atoms with Crippen LogP contribution in [0.25, 0.3) is 0 Å². The first-order valence-electron chi connectivity index (χ1n) is 7.23. The molecule has 0 radical (unpaired) electrons. The smallest absolute Gasteiger partial charge is 0.294 e. The molecule has 0 aliphatic carbocycles. The summed E-state index contributed by atoms with van der Waals surface area (Å²) in [5.41, 5.74) is 18.3. The summed E-state index contributed by atoms with van der Waals surface area (Å²) in [7, 11) is -4.02. The molecule has 8 nitrogen and oxygen atoms in total. The van der Waals surface area contributed by atoms with Crippen LogP contribution in [0.4, 0.5) is 5.69 Å². The molecule has 0 saturated carbocycles. The zero-order valence-corrected chi connectivity index (χ0v) is 15.8. The molecular weight excluding hydrogens is 378 g/mol. The maximum atomic E-state index is 10.5. The van der Waals surface area contributed by atoms with Crippen LogP contribution in [0.3, 0.4) is 0 Å². The van der Waals surface area contributed by atoms with Crippen molar-refractivity contribution in [2.75, 3.05) is 0 Å². The molecule has 140 valence electrons. The summed E-state index contributed by atoms with van der Waals surface area (Å²) in [6.45, 7) is 3.73. The highest BCUT2D eigenvalue weighted by molar-refractivity contribution is 7.85. The van der Waals surface area contributed by atoms with Crippen molar-refractivity contribution < 1.29 is 13.0 Å². The molecule has 0 amide bonds. The van der Waals surface area contributed by atoms with Gasteiger partial charge >= 0.3 is 0 Å². The van der Waals surface area contributed by atoms with Gasteiger partial charge in [0.25, 0.3) is 10.1 Å². The molecule has 0 aromatic heterocycles. The fourth-order valence-electron chi connectivity index (χ4n) is 1.69. The predicted molar refractivity (Wildman–Crippen MR) is 104 cm³/mol. The van der Waals surface area contributed by atoms with Crippen molar-refractivity contribution in [3.05, 3.63) is 58.6 Å². The van der Waals surface area contributed by atoms with E-state index < -0.39 is 10.1 Å².